The van der Waals surface area contributed by atoms with Crippen LogP contribution in [0, 0.1) is 5.92 Å². The van der Waals surface area contributed by atoms with Crippen molar-refractivity contribution in [2.75, 3.05) is 0 Å². The smallest absolute Gasteiger partial charge is 0.226 e. The van der Waals surface area contributed by atoms with Crippen molar-refractivity contribution in [2.24, 2.45) is 5.92 Å². The molecule has 2 fully saturated rings. The van der Waals surface area contributed by atoms with Crippen molar-refractivity contribution in [1.82, 2.24) is 4.90 Å². The Kier molecular flexibility index (Phi) is 2.74. The summed E-state index contributed by atoms with van der Waals surface area (Å²) in [4.78, 5) is 14.7. The molecule has 0 aromatic heterocycles. The SMILES string of the molecule is O=C(C1CCCCC1)N1C2C=CCC1CC2. The minimum Gasteiger partial charge on any atom is -0.333 e. The standard InChI is InChI=1S/C14H21NO/c16-14(11-5-2-1-3-6-11)15-12-7-4-8-13(15)10-9-12/h4,7,11-13H,1-3,5-6,8-10H2. The van der Waals surface area contributed by atoms with Crippen LogP contribution in [0.25, 0.3) is 0 Å². The Bertz CT molecular complexity index is 304. The Morgan fingerprint density at radius 1 is 1.06 bits per heavy atom. The van der Waals surface area contributed by atoms with E-state index in [1.807, 2.05) is 0 Å². The Balaban J connectivity index is 1.72. The van der Waals surface area contributed by atoms with E-state index in [1.165, 1.54) is 32.1 Å². The first-order chi connectivity index (χ1) is 7.86. The van der Waals surface area contributed by atoms with Crippen molar-refractivity contribution < 1.29 is 4.79 Å². The molecule has 2 unspecified atom stereocenters. The minimum atomic E-state index is 0.350. The van der Waals surface area contributed by atoms with Gasteiger partial charge in [-0.25, -0.2) is 0 Å². The molecule has 3 rings (SSSR count). The summed E-state index contributed by atoms with van der Waals surface area (Å²) in [6.45, 7) is 0. The molecular formula is C14H21NO. The van der Waals surface area contributed by atoms with Gasteiger partial charge in [0.05, 0.1) is 6.04 Å². The molecule has 0 N–H and O–H groups in total. The quantitative estimate of drug-likeness (QED) is 0.621. The Labute approximate surface area is 97.7 Å². The highest BCUT2D eigenvalue weighted by Crippen LogP contribution is 2.35. The molecule has 0 spiro atoms. The fraction of sp³-hybridized carbons (Fsp3) is 0.786. The van der Waals surface area contributed by atoms with Crippen LogP contribution in [0.5, 0.6) is 0 Å². The summed E-state index contributed by atoms with van der Waals surface area (Å²) in [5.41, 5.74) is 0. The molecule has 2 bridgehead atoms. The van der Waals surface area contributed by atoms with E-state index in [2.05, 4.69) is 17.1 Å². The summed E-state index contributed by atoms with van der Waals surface area (Å²) >= 11 is 0. The lowest BCUT2D eigenvalue weighted by molar-refractivity contribution is -0.139. The zero-order valence-corrected chi connectivity index (χ0v) is 9.90. The molecule has 2 atom stereocenters. The van der Waals surface area contributed by atoms with E-state index < -0.39 is 0 Å². The molecular weight excluding hydrogens is 198 g/mol. The third-order valence-corrected chi connectivity index (χ3v) is 4.52. The highest BCUT2D eigenvalue weighted by atomic mass is 16.2. The van der Waals surface area contributed by atoms with Crippen molar-refractivity contribution in [2.45, 2.75) is 63.5 Å². The molecule has 3 aliphatic rings. The maximum Gasteiger partial charge on any atom is 0.226 e. The zero-order chi connectivity index (χ0) is 11.0. The molecule has 1 saturated carbocycles. The van der Waals surface area contributed by atoms with Gasteiger partial charge in [0.25, 0.3) is 0 Å². The van der Waals surface area contributed by atoms with Gasteiger partial charge in [-0.05, 0) is 32.1 Å². The number of hydrogen-bond acceptors (Lipinski definition) is 1. The van der Waals surface area contributed by atoms with E-state index in [4.69, 9.17) is 0 Å². The molecule has 2 heteroatoms. The van der Waals surface area contributed by atoms with Crippen LogP contribution in [0.4, 0.5) is 0 Å². The van der Waals surface area contributed by atoms with Gasteiger partial charge in [-0.2, -0.15) is 0 Å². The predicted molar refractivity (Wildman–Crippen MR) is 64.0 cm³/mol. The second-order valence-electron chi connectivity index (χ2n) is 5.54. The maximum absolute atomic E-state index is 12.5. The second kappa shape index (κ2) is 4.23. The predicted octanol–water partition coefficient (Wildman–Crippen LogP) is 2.89. The number of amides is 1. The summed E-state index contributed by atoms with van der Waals surface area (Å²) in [6.07, 6.45) is 14.2. The van der Waals surface area contributed by atoms with Gasteiger partial charge < -0.3 is 4.90 Å². The van der Waals surface area contributed by atoms with E-state index in [0.717, 1.165) is 19.3 Å². The normalized spacial score (nSPS) is 34.4. The highest BCUT2D eigenvalue weighted by molar-refractivity contribution is 5.80. The fourth-order valence-corrected chi connectivity index (χ4v) is 3.63. The van der Waals surface area contributed by atoms with Gasteiger partial charge >= 0.3 is 0 Å². The van der Waals surface area contributed by atoms with Gasteiger partial charge in [0, 0.05) is 12.0 Å². The molecule has 88 valence electrons. The fourth-order valence-electron chi connectivity index (χ4n) is 3.63. The lowest BCUT2D eigenvalue weighted by Gasteiger charge is -2.35. The van der Waals surface area contributed by atoms with Gasteiger partial charge in [-0.3, -0.25) is 4.79 Å². The van der Waals surface area contributed by atoms with E-state index in [1.54, 1.807) is 0 Å². The average molecular weight is 219 g/mol. The highest BCUT2D eigenvalue weighted by Gasteiger charge is 2.39. The summed E-state index contributed by atoms with van der Waals surface area (Å²) < 4.78 is 0. The third kappa shape index (κ3) is 1.68. The zero-order valence-electron chi connectivity index (χ0n) is 9.90. The van der Waals surface area contributed by atoms with E-state index in [9.17, 15) is 4.79 Å². The largest absolute Gasteiger partial charge is 0.333 e. The molecule has 0 aromatic carbocycles. The molecule has 2 aliphatic heterocycles. The molecule has 1 saturated heterocycles. The lowest BCUT2D eigenvalue weighted by atomic mass is 9.87. The van der Waals surface area contributed by atoms with E-state index in [-0.39, 0.29) is 0 Å². The van der Waals surface area contributed by atoms with Crippen LogP contribution in [0.3, 0.4) is 0 Å². The Morgan fingerprint density at radius 3 is 2.62 bits per heavy atom. The number of carbonyl (C=O) groups excluding carboxylic acids is 1. The molecule has 0 aromatic rings. The summed E-state index contributed by atoms with van der Waals surface area (Å²) in [6, 6.07) is 0.970. The first-order valence-corrected chi connectivity index (χ1v) is 6.85. The van der Waals surface area contributed by atoms with Crippen molar-refractivity contribution >= 4 is 5.91 Å². The second-order valence-corrected chi connectivity index (χ2v) is 5.54. The molecule has 0 radical (unpaired) electrons. The van der Waals surface area contributed by atoms with Gasteiger partial charge in [-0.1, -0.05) is 31.4 Å². The molecule has 1 aliphatic carbocycles. The number of nitrogens with zero attached hydrogens (tertiary/aromatic N) is 1. The van der Waals surface area contributed by atoms with Crippen molar-refractivity contribution in [3.8, 4) is 0 Å². The van der Waals surface area contributed by atoms with Gasteiger partial charge in [0.2, 0.25) is 5.91 Å². The molecule has 2 heterocycles. The lowest BCUT2D eigenvalue weighted by Crippen LogP contribution is -2.45. The first kappa shape index (κ1) is 10.4. The van der Waals surface area contributed by atoms with Crippen LogP contribution in [0.2, 0.25) is 0 Å². The van der Waals surface area contributed by atoms with E-state index >= 15 is 0 Å². The monoisotopic (exact) mass is 219 g/mol. The Hall–Kier alpha value is -0.790. The van der Waals surface area contributed by atoms with Crippen LogP contribution in [-0.4, -0.2) is 22.9 Å². The van der Waals surface area contributed by atoms with Gasteiger partial charge in [0.1, 0.15) is 0 Å². The van der Waals surface area contributed by atoms with E-state index in [0.29, 0.717) is 23.9 Å². The number of hydrogen-bond donors (Lipinski definition) is 0. The van der Waals surface area contributed by atoms with Crippen LogP contribution in [0.1, 0.15) is 51.4 Å². The van der Waals surface area contributed by atoms with Crippen LogP contribution in [-0.2, 0) is 4.79 Å². The summed E-state index contributed by atoms with van der Waals surface area (Å²) in [5, 5.41) is 0. The summed E-state index contributed by atoms with van der Waals surface area (Å²) in [5.74, 6) is 0.819. The van der Waals surface area contributed by atoms with Crippen LogP contribution < -0.4 is 0 Å². The summed E-state index contributed by atoms with van der Waals surface area (Å²) in [7, 11) is 0. The number of fused-ring (bicyclic) bond motifs is 2. The molecule has 2 nitrogen and oxygen atoms in total. The maximum atomic E-state index is 12.5. The van der Waals surface area contributed by atoms with Gasteiger partial charge in [0.15, 0.2) is 0 Å². The topological polar surface area (TPSA) is 20.3 Å². The first-order valence-electron chi connectivity index (χ1n) is 6.85. The number of rotatable bonds is 1. The van der Waals surface area contributed by atoms with Gasteiger partial charge in [-0.15, -0.1) is 0 Å². The molecule has 16 heavy (non-hydrogen) atoms. The van der Waals surface area contributed by atoms with Crippen molar-refractivity contribution in [3.05, 3.63) is 12.2 Å². The average Bonchev–Trinajstić information content (AvgIpc) is 2.59. The number of carbonyl (C=O) groups is 1. The minimum absolute atomic E-state index is 0.350. The van der Waals surface area contributed by atoms with Crippen LogP contribution >= 0.6 is 0 Å². The van der Waals surface area contributed by atoms with Crippen LogP contribution in [0.15, 0.2) is 12.2 Å². The molecule has 1 amide bonds. The Morgan fingerprint density at radius 2 is 1.88 bits per heavy atom. The van der Waals surface area contributed by atoms with Crippen molar-refractivity contribution in [3.63, 3.8) is 0 Å². The van der Waals surface area contributed by atoms with Crippen molar-refractivity contribution in [1.29, 1.82) is 0 Å². The third-order valence-electron chi connectivity index (χ3n) is 4.52.